The van der Waals surface area contributed by atoms with Gasteiger partial charge in [0.25, 0.3) is 0 Å². The van der Waals surface area contributed by atoms with E-state index < -0.39 is 0 Å². The number of nitrogens with zero attached hydrogens (tertiary/aromatic N) is 2. The summed E-state index contributed by atoms with van der Waals surface area (Å²) in [5, 5.41) is 6.81. The van der Waals surface area contributed by atoms with Gasteiger partial charge in [-0.15, -0.1) is 0 Å². The van der Waals surface area contributed by atoms with E-state index in [1.165, 1.54) is 19.3 Å². The molecule has 94 valence electrons. The van der Waals surface area contributed by atoms with Gasteiger partial charge in [0.15, 0.2) is 0 Å². The molecule has 0 aliphatic heterocycles. The molecule has 1 aliphatic carbocycles. The average Bonchev–Trinajstić information content (AvgIpc) is 2.32. The highest BCUT2D eigenvalue weighted by atomic mass is 15.1. The van der Waals surface area contributed by atoms with Gasteiger partial charge in [-0.1, -0.05) is 13.8 Å². The SMILES string of the molecule is CCCNc1cncc(NC2(CC)CCC2)n1. The molecule has 0 saturated heterocycles. The van der Waals surface area contributed by atoms with Gasteiger partial charge in [0.2, 0.25) is 0 Å². The summed E-state index contributed by atoms with van der Waals surface area (Å²) in [6.07, 6.45) is 9.66. The van der Waals surface area contributed by atoms with Crippen LogP contribution in [-0.4, -0.2) is 22.1 Å². The third-order valence-electron chi connectivity index (χ3n) is 3.57. The molecule has 0 spiro atoms. The Hall–Kier alpha value is -1.32. The van der Waals surface area contributed by atoms with Crippen LogP contribution < -0.4 is 10.6 Å². The van der Waals surface area contributed by atoms with Crippen molar-refractivity contribution < 1.29 is 0 Å². The first-order valence-corrected chi connectivity index (χ1v) is 6.62. The van der Waals surface area contributed by atoms with E-state index in [0.717, 1.165) is 31.0 Å². The highest BCUT2D eigenvalue weighted by molar-refractivity contribution is 5.43. The Bertz CT molecular complexity index is 355. The Kier molecular flexibility index (Phi) is 3.82. The van der Waals surface area contributed by atoms with Gasteiger partial charge in [-0.2, -0.15) is 0 Å². The number of aromatic nitrogens is 2. The number of hydrogen-bond acceptors (Lipinski definition) is 4. The van der Waals surface area contributed by atoms with Crippen molar-refractivity contribution in [2.45, 2.75) is 51.5 Å². The van der Waals surface area contributed by atoms with Crippen molar-refractivity contribution in [1.82, 2.24) is 9.97 Å². The quantitative estimate of drug-likeness (QED) is 0.794. The molecule has 17 heavy (non-hydrogen) atoms. The Morgan fingerprint density at radius 1 is 1.24 bits per heavy atom. The monoisotopic (exact) mass is 234 g/mol. The summed E-state index contributed by atoms with van der Waals surface area (Å²) in [7, 11) is 0. The van der Waals surface area contributed by atoms with Crippen LogP contribution in [0, 0.1) is 0 Å². The van der Waals surface area contributed by atoms with E-state index in [9.17, 15) is 0 Å². The maximum absolute atomic E-state index is 4.54. The lowest BCUT2D eigenvalue weighted by molar-refractivity contribution is 0.269. The van der Waals surface area contributed by atoms with E-state index in [1.54, 1.807) is 6.20 Å². The van der Waals surface area contributed by atoms with E-state index in [-0.39, 0.29) is 5.54 Å². The fraction of sp³-hybridized carbons (Fsp3) is 0.692. The number of hydrogen-bond donors (Lipinski definition) is 2. The maximum atomic E-state index is 4.54. The van der Waals surface area contributed by atoms with Crippen LogP contribution in [0.2, 0.25) is 0 Å². The van der Waals surface area contributed by atoms with Crippen molar-refractivity contribution in [2.24, 2.45) is 0 Å². The first-order valence-electron chi connectivity index (χ1n) is 6.62. The molecule has 0 atom stereocenters. The number of nitrogens with one attached hydrogen (secondary N) is 2. The van der Waals surface area contributed by atoms with Crippen LogP contribution in [0.15, 0.2) is 12.4 Å². The molecule has 1 fully saturated rings. The minimum absolute atomic E-state index is 0.276. The molecule has 0 unspecified atom stereocenters. The van der Waals surface area contributed by atoms with Crippen molar-refractivity contribution in [3.05, 3.63) is 12.4 Å². The second-order valence-corrected chi connectivity index (χ2v) is 4.83. The van der Waals surface area contributed by atoms with Gasteiger partial charge in [-0.25, -0.2) is 4.98 Å². The molecule has 1 aromatic heterocycles. The molecule has 0 aromatic carbocycles. The Morgan fingerprint density at radius 3 is 2.59 bits per heavy atom. The molecule has 1 aromatic rings. The molecule has 4 heteroatoms. The van der Waals surface area contributed by atoms with E-state index in [2.05, 4.69) is 34.4 Å². The van der Waals surface area contributed by atoms with Crippen molar-refractivity contribution in [1.29, 1.82) is 0 Å². The molecule has 1 saturated carbocycles. The zero-order valence-corrected chi connectivity index (χ0v) is 10.8. The summed E-state index contributed by atoms with van der Waals surface area (Å²) < 4.78 is 0. The second kappa shape index (κ2) is 5.34. The highest BCUT2D eigenvalue weighted by Crippen LogP contribution is 2.37. The third kappa shape index (κ3) is 2.87. The van der Waals surface area contributed by atoms with Crippen LogP contribution in [0.1, 0.15) is 46.0 Å². The molecule has 1 heterocycles. The van der Waals surface area contributed by atoms with E-state index in [4.69, 9.17) is 0 Å². The molecule has 1 aliphatic rings. The molecular weight excluding hydrogens is 212 g/mol. The Balaban J connectivity index is 2.00. The lowest BCUT2D eigenvalue weighted by Gasteiger charge is -2.42. The average molecular weight is 234 g/mol. The smallest absolute Gasteiger partial charge is 0.147 e. The third-order valence-corrected chi connectivity index (χ3v) is 3.57. The largest absolute Gasteiger partial charge is 0.369 e. The zero-order chi connectivity index (χ0) is 12.1. The minimum Gasteiger partial charge on any atom is -0.369 e. The maximum Gasteiger partial charge on any atom is 0.147 e. The first-order chi connectivity index (χ1) is 8.28. The molecule has 4 nitrogen and oxygen atoms in total. The highest BCUT2D eigenvalue weighted by Gasteiger charge is 2.35. The van der Waals surface area contributed by atoms with Crippen molar-refractivity contribution in [3.63, 3.8) is 0 Å². The van der Waals surface area contributed by atoms with Crippen LogP contribution in [-0.2, 0) is 0 Å². The topological polar surface area (TPSA) is 49.8 Å². The molecular formula is C13H22N4. The predicted octanol–water partition coefficient (Wildman–Crippen LogP) is 3.04. The van der Waals surface area contributed by atoms with Gasteiger partial charge in [0, 0.05) is 12.1 Å². The summed E-state index contributed by atoms with van der Waals surface area (Å²) in [6.45, 7) is 5.32. The Labute approximate surface area is 103 Å². The Morgan fingerprint density at radius 2 is 2.00 bits per heavy atom. The summed E-state index contributed by atoms with van der Waals surface area (Å²) in [4.78, 5) is 8.77. The van der Waals surface area contributed by atoms with Crippen molar-refractivity contribution in [2.75, 3.05) is 17.2 Å². The molecule has 2 rings (SSSR count). The second-order valence-electron chi connectivity index (χ2n) is 4.83. The zero-order valence-electron chi connectivity index (χ0n) is 10.8. The van der Waals surface area contributed by atoms with Gasteiger partial charge in [-0.05, 0) is 32.1 Å². The van der Waals surface area contributed by atoms with Gasteiger partial charge in [0.05, 0.1) is 12.4 Å². The van der Waals surface area contributed by atoms with E-state index >= 15 is 0 Å². The van der Waals surface area contributed by atoms with E-state index in [0.29, 0.717) is 0 Å². The molecule has 0 bridgehead atoms. The standard InChI is InChI=1S/C13H22N4/c1-3-8-15-11-9-14-10-12(16-11)17-13(4-2)6-5-7-13/h9-10H,3-8H2,1-2H3,(H2,15,16,17). The molecule has 0 radical (unpaired) electrons. The molecule has 0 amide bonds. The lowest BCUT2D eigenvalue weighted by atomic mass is 9.75. The fourth-order valence-corrected chi connectivity index (χ4v) is 2.21. The lowest BCUT2D eigenvalue weighted by Crippen LogP contribution is -2.44. The van der Waals surface area contributed by atoms with Gasteiger partial charge in [-0.3, -0.25) is 4.98 Å². The van der Waals surface area contributed by atoms with E-state index in [1.807, 2.05) is 6.20 Å². The number of anilines is 2. The number of rotatable bonds is 6. The van der Waals surface area contributed by atoms with Crippen LogP contribution in [0.4, 0.5) is 11.6 Å². The first kappa shape index (κ1) is 12.1. The normalized spacial score (nSPS) is 17.3. The van der Waals surface area contributed by atoms with Crippen molar-refractivity contribution in [3.8, 4) is 0 Å². The van der Waals surface area contributed by atoms with Gasteiger partial charge >= 0.3 is 0 Å². The van der Waals surface area contributed by atoms with Gasteiger partial charge in [0.1, 0.15) is 11.6 Å². The summed E-state index contributed by atoms with van der Waals surface area (Å²) in [5.41, 5.74) is 0.276. The predicted molar refractivity (Wildman–Crippen MR) is 71.3 cm³/mol. The van der Waals surface area contributed by atoms with Crippen LogP contribution in [0.5, 0.6) is 0 Å². The minimum atomic E-state index is 0.276. The fourth-order valence-electron chi connectivity index (χ4n) is 2.21. The summed E-state index contributed by atoms with van der Waals surface area (Å²) in [5.74, 6) is 1.76. The summed E-state index contributed by atoms with van der Waals surface area (Å²) >= 11 is 0. The summed E-state index contributed by atoms with van der Waals surface area (Å²) in [6, 6.07) is 0. The van der Waals surface area contributed by atoms with Crippen LogP contribution >= 0.6 is 0 Å². The van der Waals surface area contributed by atoms with Gasteiger partial charge < -0.3 is 10.6 Å². The molecule has 2 N–H and O–H groups in total. The van der Waals surface area contributed by atoms with Crippen molar-refractivity contribution >= 4 is 11.6 Å². The van der Waals surface area contributed by atoms with Crippen LogP contribution in [0.25, 0.3) is 0 Å². The van der Waals surface area contributed by atoms with Crippen LogP contribution in [0.3, 0.4) is 0 Å².